The van der Waals surface area contributed by atoms with Gasteiger partial charge in [0.25, 0.3) is 0 Å². The average molecular weight is 396 g/mol. The minimum atomic E-state index is -1.81. The fourth-order valence-corrected chi connectivity index (χ4v) is 3.98. The van der Waals surface area contributed by atoms with Crippen molar-refractivity contribution >= 4 is 11.4 Å². The molecule has 0 spiro atoms. The minimum absolute atomic E-state index is 0.520. The molecule has 30 heavy (non-hydrogen) atoms. The summed E-state index contributed by atoms with van der Waals surface area (Å²) in [6.07, 6.45) is 0. The molecule has 0 aromatic heterocycles. The van der Waals surface area contributed by atoms with Crippen molar-refractivity contribution in [1.82, 2.24) is 0 Å². The third kappa shape index (κ3) is 3.12. The van der Waals surface area contributed by atoms with Crippen molar-refractivity contribution < 1.29 is 10.2 Å². The van der Waals surface area contributed by atoms with Crippen molar-refractivity contribution in [2.75, 3.05) is 11.5 Å². The van der Waals surface area contributed by atoms with Crippen LogP contribution in [0.25, 0.3) is 0 Å². The standard InChI is InChI=1S/C26H24N2O2/c27-23-15-11-21(12-16-23)25(29,19-7-3-1-4-8-19)26(30,20-9-5-2-6-10-20)22-13-17-24(28)18-14-22/h1-18,29-30H,27-28H2. The third-order valence-electron chi connectivity index (χ3n) is 5.56. The van der Waals surface area contributed by atoms with Crippen LogP contribution >= 0.6 is 0 Å². The van der Waals surface area contributed by atoms with E-state index in [2.05, 4.69) is 0 Å². The van der Waals surface area contributed by atoms with Crippen LogP contribution in [0, 0.1) is 0 Å². The maximum atomic E-state index is 12.4. The molecule has 6 N–H and O–H groups in total. The predicted octanol–water partition coefficient (Wildman–Crippen LogP) is 4.02. The second-order valence-corrected chi connectivity index (χ2v) is 7.40. The van der Waals surface area contributed by atoms with Crippen molar-refractivity contribution in [3.63, 3.8) is 0 Å². The molecule has 4 aromatic rings. The molecule has 4 nitrogen and oxygen atoms in total. The van der Waals surface area contributed by atoms with Crippen LogP contribution in [0.5, 0.6) is 0 Å². The zero-order chi connectivity index (χ0) is 21.2. The molecule has 150 valence electrons. The van der Waals surface area contributed by atoms with E-state index in [1.54, 1.807) is 48.5 Å². The largest absolute Gasteiger partial charge is 0.399 e. The summed E-state index contributed by atoms with van der Waals surface area (Å²) >= 11 is 0. The second kappa shape index (κ2) is 7.67. The Labute approximate surface area is 176 Å². The molecule has 4 heteroatoms. The highest BCUT2D eigenvalue weighted by Crippen LogP contribution is 2.49. The fourth-order valence-electron chi connectivity index (χ4n) is 3.98. The Kier molecular flexibility index (Phi) is 5.04. The van der Waals surface area contributed by atoms with Gasteiger partial charge < -0.3 is 21.7 Å². The Bertz CT molecular complexity index is 1020. The van der Waals surface area contributed by atoms with Gasteiger partial charge in [0.05, 0.1) is 0 Å². The van der Waals surface area contributed by atoms with Gasteiger partial charge in [-0.3, -0.25) is 0 Å². The van der Waals surface area contributed by atoms with Crippen LogP contribution in [0.15, 0.2) is 109 Å². The zero-order valence-corrected chi connectivity index (χ0v) is 16.4. The van der Waals surface area contributed by atoms with Crippen molar-refractivity contribution in [1.29, 1.82) is 0 Å². The van der Waals surface area contributed by atoms with Crippen LogP contribution in [0.1, 0.15) is 22.3 Å². The molecule has 0 aliphatic heterocycles. The summed E-state index contributed by atoms with van der Waals surface area (Å²) in [5, 5.41) is 24.8. The Hall–Kier alpha value is -3.60. The van der Waals surface area contributed by atoms with Gasteiger partial charge in [-0.05, 0) is 46.5 Å². The van der Waals surface area contributed by atoms with E-state index in [-0.39, 0.29) is 0 Å². The number of hydrogen-bond donors (Lipinski definition) is 4. The van der Waals surface area contributed by atoms with E-state index >= 15 is 0 Å². The molecule has 0 saturated carbocycles. The van der Waals surface area contributed by atoms with Crippen molar-refractivity contribution in [3.8, 4) is 0 Å². The first-order chi connectivity index (χ1) is 14.5. The molecule has 2 unspecified atom stereocenters. The van der Waals surface area contributed by atoms with Gasteiger partial charge in [-0.1, -0.05) is 84.9 Å². The highest BCUT2D eigenvalue weighted by molar-refractivity contribution is 5.54. The Balaban J connectivity index is 2.08. The van der Waals surface area contributed by atoms with Crippen molar-refractivity contribution in [2.45, 2.75) is 11.2 Å². The summed E-state index contributed by atoms with van der Waals surface area (Å²) in [6, 6.07) is 32.2. The van der Waals surface area contributed by atoms with Gasteiger partial charge in [0.15, 0.2) is 11.2 Å². The number of aliphatic hydroxyl groups is 2. The molecule has 0 amide bonds. The molecule has 0 bridgehead atoms. The van der Waals surface area contributed by atoms with Crippen LogP contribution in [-0.4, -0.2) is 10.2 Å². The lowest BCUT2D eigenvalue weighted by molar-refractivity contribution is -0.113. The van der Waals surface area contributed by atoms with Gasteiger partial charge >= 0.3 is 0 Å². The van der Waals surface area contributed by atoms with E-state index in [4.69, 9.17) is 11.5 Å². The molecular formula is C26H24N2O2. The highest BCUT2D eigenvalue weighted by atomic mass is 16.4. The lowest BCUT2D eigenvalue weighted by Crippen LogP contribution is -2.51. The first kappa shape index (κ1) is 19.7. The highest BCUT2D eigenvalue weighted by Gasteiger charge is 2.54. The molecule has 0 aliphatic rings. The molecule has 0 heterocycles. The lowest BCUT2D eigenvalue weighted by atomic mass is 9.66. The molecule has 4 aromatic carbocycles. The predicted molar refractivity (Wildman–Crippen MR) is 121 cm³/mol. The first-order valence-electron chi connectivity index (χ1n) is 9.74. The monoisotopic (exact) mass is 396 g/mol. The van der Waals surface area contributed by atoms with Crippen molar-refractivity contribution in [2.24, 2.45) is 0 Å². The SMILES string of the molecule is Nc1ccc(C(O)(c2ccccc2)C(O)(c2ccccc2)c2ccc(N)cc2)cc1. The number of rotatable bonds is 5. The van der Waals surface area contributed by atoms with Gasteiger partial charge in [0.2, 0.25) is 0 Å². The molecule has 2 atom stereocenters. The summed E-state index contributed by atoms with van der Waals surface area (Å²) in [6.45, 7) is 0. The summed E-state index contributed by atoms with van der Waals surface area (Å²) in [4.78, 5) is 0. The van der Waals surface area contributed by atoms with E-state index in [0.717, 1.165) is 0 Å². The lowest BCUT2D eigenvalue weighted by Gasteiger charge is -2.45. The molecule has 4 rings (SSSR count). The maximum Gasteiger partial charge on any atom is 0.152 e. The smallest absolute Gasteiger partial charge is 0.152 e. The molecule has 0 aliphatic carbocycles. The summed E-state index contributed by atoms with van der Waals surface area (Å²) in [5.74, 6) is 0. The summed E-state index contributed by atoms with van der Waals surface area (Å²) < 4.78 is 0. The Morgan fingerprint density at radius 3 is 0.967 bits per heavy atom. The maximum absolute atomic E-state index is 12.4. The van der Waals surface area contributed by atoms with Gasteiger partial charge in [-0.15, -0.1) is 0 Å². The van der Waals surface area contributed by atoms with Gasteiger partial charge in [0.1, 0.15) is 0 Å². The van der Waals surface area contributed by atoms with E-state index in [0.29, 0.717) is 33.6 Å². The number of benzene rings is 4. The number of hydrogen-bond acceptors (Lipinski definition) is 4. The second-order valence-electron chi connectivity index (χ2n) is 7.40. The minimum Gasteiger partial charge on any atom is -0.399 e. The number of nitrogens with two attached hydrogens (primary N) is 2. The van der Waals surface area contributed by atoms with Crippen LogP contribution in [0.3, 0.4) is 0 Å². The normalized spacial score (nSPS) is 15.1. The Morgan fingerprint density at radius 2 is 0.667 bits per heavy atom. The number of nitrogen functional groups attached to an aromatic ring is 2. The average Bonchev–Trinajstić information content (AvgIpc) is 2.80. The van der Waals surface area contributed by atoms with Gasteiger partial charge in [0, 0.05) is 11.4 Å². The van der Waals surface area contributed by atoms with E-state index in [1.807, 2.05) is 60.7 Å². The van der Waals surface area contributed by atoms with Crippen LogP contribution < -0.4 is 11.5 Å². The van der Waals surface area contributed by atoms with Crippen molar-refractivity contribution in [3.05, 3.63) is 131 Å². The summed E-state index contributed by atoms with van der Waals surface area (Å²) in [7, 11) is 0. The van der Waals surface area contributed by atoms with Gasteiger partial charge in [-0.25, -0.2) is 0 Å². The number of anilines is 2. The van der Waals surface area contributed by atoms with Crippen LogP contribution in [-0.2, 0) is 11.2 Å². The fraction of sp³-hybridized carbons (Fsp3) is 0.0769. The van der Waals surface area contributed by atoms with Crippen LogP contribution in [0.2, 0.25) is 0 Å². The Morgan fingerprint density at radius 1 is 0.400 bits per heavy atom. The summed E-state index contributed by atoms with van der Waals surface area (Å²) in [5.41, 5.74) is 11.5. The third-order valence-corrected chi connectivity index (χ3v) is 5.56. The van der Waals surface area contributed by atoms with Gasteiger partial charge in [-0.2, -0.15) is 0 Å². The molecule has 0 radical (unpaired) electrons. The molecule has 0 saturated heterocycles. The zero-order valence-electron chi connectivity index (χ0n) is 16.4. The van der Waals surface area contributed by atoms with E-state index in [9.17, 15) is 10.2 Å². The molecule has 0 fully saturated rings. The van der Waals surface area contributed by atoms with E-state index in [1.165, 1.54) is 0 Å². The van der Waals surface area contributed by atoms with Crippen LogP contribution in [0.4, 0.5) is 11.4 Å². The molecular weight excluding hydrogens is 372 g/mol. The topological polar surface area (TPSA) is 92.5 Å². The van der Waals surface area contributed by atoms with E-state index < -0.39 is 11.2 Å². The quantitative estimate of drug-likeness (QED) is 0.383. The first-order valence-corrected chi connectivity index (χ1v) is 9.74.